The predicted octanol–water partition coefficient (Wildman–Crippen LogP) is 1.35. The van der Waals surface area contributed by atoms with Crippen LogP contribution in [-0.2, 0) is 16.1 Å². The Labute approximate surface area is 116 Å². The highest BCUT2D eigenvalue weighted by molar-refractivity contribution is 5.80. The van der Waals surface area contributed by atoms with Crippen LogP contribution in [0.1, 0.15) is 18.7 Å². The van der Waals surface area contributed by atoms with Crippen LogP contribution in [0.15, 0.2) is 42.7 Å². The molecule has 1 amide bonds. The summed E-state index contributed by atoms with van der Waals surface area (Å²) in [5.74, 6) is -0.583. The Morgan fingerprint density at radius 1 is 1.20 bits per heavy atom. The predicted molar refractivity (Wildman–Crippen MR) is 72.3 cm³/mol. The minimum atomic E-state index is -0.981. The molecule has 20 heavy (non-hydrogen) atoms. The van der Waals surface area contributed by atoms with Crippen molar-refractivity contribution in [1.29, 1.82) is 0 Å². The quantitative estimate of drug-likeness (QED) is 0.832. The van der Waals surface area contributed by atoms with Crippen LogP contribution in [0.2, 0.25) is 0 Å². The lowest BCUT2D eigenvalue weighted by Gasteiger charge is -2.08. The number of carboxylic acid groups (broad SMARTS) is 1. The second kappa shape index (κ2) is 6.51. The van der Waals surface area contributed by atoms with Crippen molar-refractivity contribution in [2.24, 2.45) is 0 Å². The van der Waals surface area contributed by atoms with Crippen molar-refractivity contribution in [2.45, 2.75) is 19.4 Å². The molecule has 0 unspecified atom stereocenters. The summed E-state index contributed by atoms with van der Waals surface area (Å²) in [6.07, 6.45) is 3.28. The van der Waals surface area contributed by atoms with E-state index in [1.165, 1.54) is 0 Å². The average molecular weight is 273 g/mol. The number of rotatable bonds is 6. The Morgan fingerprint density at radius 2 is 1.95 bits per heavy atom. The van der Waals surface area contributed by atoms with E-state index < -0.39 is 5.97 Å². The highest BCUT2D eigenvalue weighted by Crippen LogP contribution is 2.09. The van der Waals surface area contributed by atoms with Crippen LogP contribution >= 0.6 is 0 Å². The summed E-state index contributed by atoms with van der Waals surface area (Å²) < 4.78 is 1.87. The zero-order valence-corrected chi connectivity index (χ0v) is 10.8. The van der Waals surface area contributed by atoms with Gasteiger partial charge < -0.3 is 15.0 Å². The first-order valence-corrected chi connectivity index (χ1v) is 6.23. The van der Waals surface area contributed by atoms with E-state index in [4.69, 9.17) is 5.11 Å². The maximum atomic E-state index is 11.5. The van der Waals surface area contributed by atoms with Gasteiger partial charge in [0.1, 0.15) is 5.82 Å². The van der Waals surface area contributed by atoms with E-state index in [-0.39, 0.29) is 25.3 Å². The van der Waals surface area contributed by atoms with Crippen molar-refractivity contribution in [1.82, 2.24) is 14.9 Å². The molecule has 2 aromatic rings. The summed E-state index contributed by atoms with van der Waals surface area (Å²) in [7, 11) is 0. The molecule has 2 N–H and O–H groups in total. The van der Waals surface area contributed by atoms with Crippen LogP contribution in [0.3, 0.4) is 0 Å². The molecule has 0 aliphatic rings. The molecule has 1 aromatic heterocycles. The van der Waals surface area contributed by atoms with Crippen LogP contribution in [0.4, 0.5) is 0 Å². The van der Waals surface area contributed by atoms with Gasteiger partial charge in [0, 0.05) is 24.5 Å². The third kappa shape index (κ3) is 3.68. The fourth-order valence-corrected chi connectivity index (χ4v) is 1.78. The van der Waals surface area contributed by atoms with Crippen molar-refractivity contribution < 1.29 is 14.7 Å². The summed E-state index contributed by atoms with van der Waals surface area (Å²) in [5, 5.41) is 11.2. The Balaban J connectivity index is 1.96. The summed E-state index contributed by atoms with van der Waals surface area (Å²) in [6, 6.07) is 9.65. The first-order valence-electron chi connectivity index (χ1n) is 6.23. The first kappa shape index (κ1) is 13.8. The number of imidazole rings is 1. The first-order chi connectivity index (χ1) is 9.66. The van der Waals surface area contributed by atoms with E-state index in [2.05, 4.69) is 10.3 Å². The third-order valence-corrected chi connectivity index (χ3v) is 2.76. The number of carbonyl (C=O) groups excluding carboxylic acids is 1. The van der Waals surface area contributed by atoms with Crippen LogP contribution in [0, 0.1) is 0 Å². The van der Waals surface area contributed by atoms with Gasteiger partial charge in [-0.25, -0.2) is 4.98 Å². The van der Waals surface area contributed by atoms with E-state index >= 15 is 0 Å². The lowest BCUT2D eigenvalue weighted by atomic mass is 10.3. The molecule has 1 heterocycles. The van der Waals surface area contributed by atoms with Gasteiger partial charge in [-0.3, -0.25) is 9.59 Å². The molecule has 6 nitrogen and oxygen atoms in total. The monoisotopic (exact) mass is 273 g/mol. The largest absolute Gasteiger partial charge is 0.481 e. The van der Waals surface area contributed by atoms with E-state index in [9.17, 15) is 9.59 Å². The van der Waals surface area contributed by atoms with Gasteiger partial charge in [-0.15, -0.1) is 0 Å². The number of amides is 1. The van der Waals surface area contributed by atoms with Crippen LogP contribution < -0.4 is 5.32 Å². The van der Waals surface area contributed by atoms with Crippen molar-refractivity contribution in [3.05, 3.63) is 48.5 Å². The molecule has 0 fully saturated rings. The second-order valence-electron chi connectivity index (χ2n) is 4.22. The second-order valence-corrected chi connectivity index (χ2v) is 4.22. The van der Waals surface area contributed by atoms with Crippen molar-refractivity contribution in [3.8, 4) is 5.69 Å². The number of nitrogens with one attached hydrogen (secondary N) is 1. The molecule has 0 atom stereocenters. The third-order valence-electron chi connectivity index (χ3n) is 2.76. The van der Waals surface area contributed by atoms with Crippen LogP contribution in [0.5, 0.6) is 0 Å². The fraction of sp³-hybridized carbons (Fsp3) is 0.214. The van der Waals surface area contributed by atoms with Gasteiger partial charge in [0.15, 0.2) is 0 Å². The molecule has 0 spiro atoms. The lowest BCUT2D eigenvalue weighted by molar-refractivity contribution is -0.138. The maximum absolute atomic E-state index is 11.5. The Morgan fingerprint density at radius 3 is 2.65 bits per heavy atom. The van der Waals surface area contributed by atoms with E-state index in [0.717, 1.165) is 5.69 Å². The Hall–Kier alpha value is -2.63. The number of hydrogen-bond acceptors (Lipinski definition) is 3. The van der Waals surface area contributed by atoms with E-state index in [1.54, 1.807) is 6.20 Å². The summed E-state index contributed by atoms with van der Waals surface area (Å²) in [5.41, 5.74) is 0.958. The minimum Gasteiger partial charge on any atom is -0.481 e. The number of carbonyl (C=O) groups is 2. The fourth-order valence-electron chi connectivity index (χ4n) is 1.78. The van der Waals surface area contributed by atoms with Crippen LogP contribution in [-0.4, -0.2) is 26.5 Å². The number of aromatic nitrogens is 2. The van der Waals surface area contributed by atoms with Gasteiger partial charge in [0.25, 0.3) is 0 Å². The normalized spacial score (nSPS) is 10.2. The zero-order chi connectivity index (χ0) is 14.4. The topological polar surface area (TPSA) is 84.2 Å². The molecule has 0 bridgehead atoms. The van der Waals surface area contributed by atoms with E-state index in [0.29, 0.717) is 5.82 Å². The van der Waals surface area contributed by atoms with Gasteiger partial charge in [0.05, 0.1) is 13.0 Å². The zero-order valence-electron chi connectivity index (χ0n) is 10.8. The molecule has 6 heteroatoms. The molecule has 1 aromatic carbocycles. The van der Waals surface area contributed by atoms with Gasteiger partial charge in [0.2, 0.25) is 5.91 Å². The van der Waals surface area contributed by atoms with Gasteiger partial charge in [-0.1, -0.05) is 18.2 Å². The van der Waals surface area contributed by atoms with E-state index in [1.807, 2.05) is 41.1 Å². The Bertz CT molecular complexity index is 593. The molecule has 0 saturated carbocycles. The molecular formula is C14H15N3O3. The van der Waals surface area contributed by atoms with Crippen molar-refractivity contribution in [3.63, 3.8) is 0 Å². The number of aliphatic carboxylic acids is 1. The van der Waals surface area contributed by atoms with Crippen LogP contribution in [0.25, 0.3) is 5.69 Å². The van der Waals surface area contributed by atoms with Gasteiger partial charge in [-0.05, 0) is 12.1 Å². The SMILES string of the molecule is O=C(O)CCC(=O)NCc1nccn1-c1ccccc1. The molecule has 0 aliphatic heterocycles. The standard InChI is InChI=1S/C14H15N3O3/c18-13(6-7-14(19)20)16-10-12-15-8-9-17(12)11-4-2-1-3-5-11/h1-5,8-9H,6-7,10H2,(H,16,18)(H,19,20). The number of benzene rings is 1. The maximum Gasteiger partial charge on any atom is 0.303 e. The highest BCUT2D eigenvalue weighted by atomic mass is 16.4. The minimum absolute atomic E-state index is 0.0264. The van der Waals surface area contributed by atoms with Crippen molar-refractivity contribution in [2.75, 3.05) is 0 Å². The number of carboxylic acids is 1. The summed E-state index contributed by atoms with van der Waals surface area (Å²) in [4.78, 5) is 26.1. The number of para-hydroxylation sites is 1. The Kier molecular flexibility index (Phi) is 4.49. The summed E-state index contributed by atoms with van der Waals surface area (Å²) >= 11 is 0. The average Bonchev–Trinajstić information content (AvgIpc) is 2.92. The molecule has 0 aliphatic carbocycles. The lowest BCUT2D eigenvalue weighted by Crippen LogP contribution is -2.24. The van der Waals surface area contributed by atoms with Gasteiger partial charge >= 0.3 is 5.97 Å². The van der Waals surface area contributed by atoms with Gasteiger partial charge in [-0.2, -0.15) is 0 Å². The molecular weight excluding hydrogens is 258 g/mol. The molecule has 0 saturated heterocycles. The molecule has 104 valence electrons. The molecule has 2 rings (SSSR count). The molecule has 0 radical (unpaired) electrons. The number of hydrogen-bond donors (Lipinski definition) is 2. The highest BCUT2D eigenvalue weighted by Gasteiger charge is 2.08. The smallest absolute Gasteiger partial charge is 0.303 e. The summed E-state index contributed by atoms with van der Waals surface area (Å²) in [6.45, 7) is 0.264. The van der Waals surface area contributed by atoms with Crippen molar-refractivity contribution >= 4 is 11.9 Å². The number of nitrogens with zero attached hydrogens (tertiary/aromatic N) is 2.